The normalized spacial score (nSPS) is 11.9. The Morgan fingerprint density at radius 3 is 0.588 bits per heavy atom. The van der Waals surface area contributed by atoms with Gasteiger partial charge in [-0.1, -0.05) is 297 Å². The summed E-state index contributed by atoms with van der Waals surface area (Å²) in [6, 6.07) is 144. The quantitative estimate of drug-likeness (QED) is 0.113. The maximum absolute atomic E-state index is 16.9. The molecule has 560 valence electrons. The predicted octanol–water partition coefficient (Wildman–Crippen LogP) is 30.3. The number of hydrogen-bond acceptors (Lipinski definition) is 1. The van der Waals surface area contributed by atoms with Crippen LogP contribution in [0.1, 0.15) is 16.7 Å². The molecule has 0 aliphatic heterocycles. The van der Waals surface area contributed by atoms with Gasteiger partial charge in [0, 0.05) is 48.7 Å². The van der Waals surface area contributed by atoms with Crippen LogP contribution < -0.4 is 0 Å². The summed E-state index contributed by atoms with van der Waals surface area (Å²) in [4.78, 5) is 0. The Bertz CT molecular complexity index is 7040. The average molecular weight is 1530 g/mol. The molecule has 0 unspecified atom stereocenters. The van der Waals surface area contributed by atoms with Crippen LogP contribution in [0.3, 0.4) is 0 Å². The Morgan fingerprint density at radius 1 is 0.210 bits per heavy atom. The smallest absolute Gasteiger partial charge is 0.306 e. The van der Waals surface area contributed by atoms with Gasteiger partial charge in [-0.15, -0.1) is 0 Å². The molecule has 0 N–H and O–H groups in total. The lowest BCUT2D eigenvalue weighted by atomic mass is 9.91. The number of benzene rings is 18. The first-order chi connectivity index (χ1) is 58.5. The second-order valence-corrected chi connectivity index (χ2v) is 31.0. The van der Waals surface area contributed by atoms with E-state index in [4.69, 9.17) is 0 Å². The standard InChI is InChI=1S/C111H70F3N5/c1-70-58-87(60-88(59-70)111(112,113)114)106-109(118-102-54-46-83(75-34-18-6-19-35-75)65-93(102)94-66-84(47-55-103(94)118)76-36-20-7-21-37-76)107(116-98-50-42-79(71-26-10-2-11-27-71)61-89(98)90-62-80(43-51-99(90)116)72-28-12-3-13-29-72)97(69-115)108(117-100-52-44-81(73-30-14-4-15-31-73)63-91(100)92-64-82(45-53-101(92)117)74-32-16-5-17-33-74)110(106)119-104-56-48-85(77-38-22-8-23-39-77)67-95(104)96-68-86(49-57-105(96)119)78-40-24-9-25-41-78/h2-68H,1H3. The van der Waals surface area contributed by atoms with E-state index in [1.165, 1.54) is 12.1 Å². The molecule has 0 atom stereocenters. The largest absolute Gasteiger partial charge is 0.416 e. The number of nitriles is 1. The van der Waals surface area contributed by atoms with Crippen LogP contribution in [0, 0.1) is 18.3 Å². The van der Waals surface area contributed by atoms with Crippen molar-refractivity contribution in [3.8, 4) is 129 Å². The summed E-state index contributed by atoms with van der Waals surface area (Å²) in [6.45, 7) is 1.76. The molecule has 0 aliphatic rings. The van der Waals surface area contributed by atoms with Gasteiger partial charge in [-0.3, -0.25) is 0 Å². The van der Waals surface area contributed by atoms with E-state index in [1.54, 1.807) is 6.92 Å². The fraction of sp³-hybridized carbons (Fsp3) is 0.0180. The van der Waals surface area contributed by atoms with E-state index in [0.29, 0.717) is 33.9 Å². The SMILES string of the molecule is Cc1cc(-c2c(-n3c4ccc(-c5ccccc5)cc4c4cc(-c5ccccc5)ccc43)c(-n3c4ccc(-c5ccccc5)cc4c4cc(-c5ccccc5)ccc43)c(C#N)c(-n3c4ccc(-c5ccccc5)cc4c4cc(-c5ccccc5)ccc43)c2-n2c3ccc(-c4ccccc4)cc3c3cc(-c4ccccc4)ccc32)cc(C(F)(F)F)c1. The van der Waals surface area contributed by atoms with Crippen LogP contribution in [0.5, 0.6) is 0 Å². The van der Waals surface area contributed by atoms with Crippen molar-refractivity contribution in [2.45, 2.75) is 13.1 Å². The summed E-state index contributed by atoms with van der Waals surface area (Å²) < 4.78 is 59.9. The monoisotopic (exact) mass is 1530 g/mol. The molecule has 0 radical (unpaired) electrons. The molecule has 5 nitrogen and oxygen atoms in total. The lowest BCUT2D eigenvalue weighted by Gasteiger charge is -2.30. The van der Waals surface area contributed by atoms with Gasteiger partial charge in [-0.05, 0) is 216 Å². The molecule has 0 bridgehead atoms. The summed E-state index contributed by atoms with van der Waals surface area (Å²) in [5, 5.41) is 21.2. The van der Waals surface area contributed by atoms with Crippen molar-refractivity contribution in [2.75, 3.05) is 0 Å². The van der Waals surface area contributed by atoms with E-state index in [9.17, 15) is 5.26 Å². The second kappa shape index (κ2) is 28.2. The Morgan fingerprint density at radius 2 is 0.403 bits per heavy atom. The molecular formula is C111H70F3N5. The minimum atomic E-state index is -4.83. The average Bonchev–Trinajstić information content (AvgIpc) is 1.56. The Kier molecular flexibility index (Phi) is 16.6. The maximum Gasteiger partial charge on any atom is 0.416 e. The predicted molar refractivity (Wildman–Crippen MR) is 487 cm³/mol. The summed E-state index contributed by atoms with van der Waals surface area (Å²) in [5.41, 5.74) is 24.5. The third-order valence-corrected chi connectivity index (χ3v) is 24.0. The Balaban J connectivity index is 1.03. The van der Waals surface area contributed by atoms with Crippen LogP contribution in [-0.2, 0) is 6.18 Å². The number of alkyl halides is 3. The van der Waals surface area contributed by atoms with Gasteiger partial charge in [-0.25, -0.2) is 0 Å². The van der Waals surface area contributed by atoms with Gasteiger partial charge in [-0.2, -0.15) is 18.4 Å². The second-order valence-electron chi connectivity index (χ2n) is 31.0. The molecule has 0 amide bonds. The molecule has 4 heterocycles. The fourth-order valence-corrected chi connectivity index (χ4v) is 18.6. The van der Waals surface area contributed by atoms with Gasteiger partial charge < -0.3 is 18.3 Å². The van der Waals surface area contributed by atoms with Crippen molar-refractivity contribution < 1.29 is 13.2 Å². The van der Waals surface area contributed by atoms with Crippen molar-refractivity contribution in [3.63, 3.8) is 0 Å². The zero-order chi connectivity index (χ0) is 79.6. The molecule has 119 heavy (non-hydrogen) atoms. The third kappa shape index (κ3) is 11.8. The Hall–Kier alpha value is -15.6. The molecule has 22 aromatic rings. The van der Waals surface area contributed by atoms with E-state index in [0.717, 1.165) is 176 Å². The number of rotatable bonds is 13. The van der Waals surface area contributed by atoms with Gasteiger partial charge in [0.25, 0.3) is 0 Å². The number of halogens is 3. The van der Waals surface area contributed by atoms with Gasteiger partial charge in [0.05, 0.1) is 72.4 Å². The molecule has 8 heteroatoms. The van der Waals surface area contributed by atoms with Crippen molar-refractivity contribution in [2.24, 2.45) is 0 Å². The highest BCUT2D eigenvalue weighted by atomic mass is 19.4. The molecule has 22 rings (SSSR count). The lowest BCUT2D eigenvalue weighted by molar-refractivity contribution is -0.137. The van der Waals surface area contributed by atoms with Crippen molar-refractivity contribution >= 4 is 87.2 Å². The zero-order valence-corrected chi connectivity index (χ0v) is 64.6. The van der Waals surface area contributed by atoms with Gasteiger partial charge in [0.1, 0.15) is 11.6 Å². The highest BCUT2D eigenvalue weighted by Crippen LogP contribution is 2.55. The molecule has 0 aliphatic carbocycles. The summed E-state index contributed by atoms with van der Waals surface area (Å²) in [7, 11) is 0. The van der Waals surface area contributed by atoms with E-state index in [1.807, 2.05) is 54.6 Å². The minimum Gasteiger partial charge on any atom is -0.306 e. The molecule has 0 fully saturated rings. The van der Waals surface area contributed by atoms with Crippen LogP contribution in [0.15, 0.2) is 406 Å². The van der Waals surface area contributed by atoms with Crippen LogP contribution in [0.2, 0.25) is 0 Å². The maximum atomic E-state index is 16.9. The van der Waals surface area contributed by atoms with E-state index in [-0.39, 0.29) is 11.1 Å². The lowest BCUT2D eigenvalue weighted by Crippen LogP contribution is -2.16. The molecule has 0 saturated heterocycles. The highest BCUT2D eigenvalue weighted by molar-refractivity contribution is 6.20. The number of nitrogens with zero attached hydrogens (tertiary/aromatic N) is 5. The number of hydrogen-bond donors (Lipinski definition) is 0. The summed E-state index contributed by atoms with van der Waals surface area (Å²) in [5.74, 6) is 0. The highest BCUT2D eigenvalue weighted by Gasteiger charge is 2.38. The minimum absolute atomic E-state index is 0.257. The van der Waals surface area contributed by atoms with Crippen molar-refractivity contribution in [1.29, 1.82) is 5.26 Å². The van der Waals surface area contributed by atoms with Crippen LogP contribution in [0.25, 0.3) is 210 Å². The van der Waals surface area contributed by atoms with E-state index in [2.05, 4.69) is 364 Å². The zero-order valence-electron chi connectivity index (χ0n) is 64.6. The first kappa shape index (κ1) is 70.1. The molecule has 0 saturated carbocycles. The molecule has 0 spiro atoms. The topological polar surface area (TPSA) is 43.5 Å². The number of aryl methyl sites for hydroxylation is 1. The van der Waals surface area contributed by atoms with Gasteiger partial charge in [0.15, 0.2) is 0 Å². The van der Waals surface area contributed by atoms with Crippen molar-refractivity contribution in [1.82, 2.24) is 18.3 Å². The van der Waals surface area contributed by atoms with Gasteiger partial charge >= 0.3 is 6.18 Å². The van der Waals surface area contributed by atoms with E-state index >= 15 is 13.2 Å². The van der Waals surface area contributed by atoms with Crippen LogP contribution >= 0.6 is 0 Å². The Labute approximate surface area is 684 Å². The van der Waals surface area contributed by atoms with Crippen LogP contribution in [0.4, 0.5) is 13.2 Å². The first-order valence-corrected chi connectivity index (χ1v) is 40.1. The van der Waals surface area contributed by atoms with Gasteiger partial charge in [0.2, 0.25) is 0 Å². The number of fused-ring (bicyclic) bond motifs is 12. The van der Waals surface area contributed by atoms with Crippen molar-refractivity contribution in [3.05, 3.63) is 423 Å². The summed E-state index contributed by atoms with van der Waals surface area (Å²) in [6.07, 6.45) is -4.83. The molecule has 4 aromatic heterocycles. The first-order valence-electron chi connectivity index (χ1n) is 40.1. The summed E-state index contributed by atoms with van der Waals surface area (Å²) >= 11 is 0. The number of aromatic nitrogens is 4. The molecular weight excluding hydrogens is 1460 g/mol. The van der Waals surface area contributed by atoms with E-state index < -0.39 is 11.7 Å². The van der Waals surface area contributed by atoms with Crippen LogP contribution in [-0.4, -0.2) is 18.3 Å². The molecule has 18 aromatic carbocycles. The third-order valence-electron chi connectivity index (χ3n) is 24.0. The fourth-order valence-electron chi connectivity index (χ4n) is 18.6.